The van der Waals surface area contributed by atoms with Gasteiger partial charge in [0.15, 0.2) is 0 Å². The molecule has 1 rings (SSSR count). The molecule has 66 valence electrons. The first-order chi connectivity index (χ1) is 5.22. The topological polar surface area (TPSA) is 92.5 Å². The van der Waals surface area contributed by atoms with Gasteiger partial charge < -0.3 is 11.3 Å². The van der Waals surface area contributed by atoms with E-state index in [2.05, 4.69) is 0 Å². The third-order valence-corrected chi connectivity index (χ3v) is 2.02. The van der Waals surface area contributed by atoms with Crippen molar-refractivity contribution in [3.63, 3.8) is 0 Å². The van der Waals surface area contributed by atoms with E-state index in [1.165, 1.54) is 0 Å². The Morgan fingerprint density at radius 1 is 1.33 bits per heavy atom. The molecule has 0 radical (unpaired) electrons. The normalized spacial score (nSPS) is 13.0. The Balaban J connectivity index is 0. The molecule has 0 saturated heterocycles. The molecule has 0 amide bonds. The minimum absolute atomic E-state index is 0. The zero-order valence-corrected chi connectivity index (χ0v) is 7.32. The number of aliphatic hydroxyl groups is 1. The first-order valence-corrected chi connectivity index (χ1v) is 4.38. The molecular weight excluding hydrogens is 177 g/mol. The van der Waals surface area contributed by atoms with Crippen molar-refractivity contribution < 1.29 is 16.0 Å². The molecule has 5 N–H and O–H groups in total. The van der Waals surface area contributed by atoms with Gasteiger partial charge in [-0.2, -0.15) is 4.89 Å². The Labute approximate surface area is 72.8 Å². The van der Waals surface area contributed by atoms with Crippen LogP contribution in [-0.2, 0) is 4.57 Å². The molecule has 5 heteroatoms. The fourth-order valence-electron chi connectivity index (χ4n) is 0.753. The predicted molar refractivity (Wildman–Crippen MR) is 47.4 cm³/mol. The lowest BCUT2D eigenvalue weighted by Gasteiger charge is -1.94. The van der Waals surface area contributed by atoms with Gasteiger partial charge in [0.25, 0.3) is 0 Å². The molecule has 1 aromatic carbocycles. The molecule has 2 atom stereocenters. The van der Waals surface area contributed by atoms with Crippen LogP contribution < -0.4 is 6.15 Å². The molecule has 4 nitrogen and oxygen atoms in total. The van der Waals surface area contributed by atoms with Crippen molar-refractivity contribution in [1.82, 2.24) is 6.15 Å². The van der Waals surface area contributed by atoms with Gasteiger partial charge in [-0.1, -0.05) is 30.3 Å². The van der Waals surface area contributed by atoms with Gasteiger partial charge in [0.2, 0.25) is 0 Å². The summed E-state index contributed by atoms with van der Waals surface area (Å²) in [5.41, 5.74) is 0.469. The molecule has 0 fully saturated rings. The van der Waals surface area contributed by atoms with Crippen LogP contribution >= 0.6 is 8.03 Å². The van der Waals surface area contributed by atoms with Crippen molar-refractivity contribution in [3.05, 3.63) is 35.9 Å². The Bertz CT molecular complexity index is 257. The van der Waals surface area contributed by atoms with E-state index in [1.807, 2.05) is 0 Å². The third-order valence-electron chi connectivity index (χ3n) is 1.31. The number of hydrogen-bond acceptors (Lipinski definition) is 3. The fourth-order valence-corrected chi connectivity index (χ4v) is 1.18. The Kier molecular flexibility index (Phi) is 4.62. The summed E-state index contributed by atoms with van der Waals surface area (Å²) in [6.45, 7) is 0. The highest BCUT2D eigenvalue weighted by molar-refractivity contribution is 7.38. The predicted octanol–water partition coefficient (Wildman–Crippen LogP) is 1.69. The molecular formula is C7H12NO3P+2. The van der Waals surface area contributed by atoms with Crippen LogP contribution in [-0.4, -0.2) is 10.00 Å². The van der Waals surface area contributed by atoms with Gasteiger partial charge in [0.1, 0.15) is 0 Å². The van der Waals surface area contributed by atoms with Crippen LogP contribution in [0.5, 0.6) is 0 Å². The van der Waals surface area contributed by atoms with Gasteiger partial charge in [-0.15, -0.1) is 0 Å². The summed E-state index contributed by atoms with van der Waals surface area (Å²) < 4.78 is 10.4. The average molecular weight is 189 g/mol. The van der Waals surface area contributed by atoms with Gasteiger partial charge >= 0.3 is 15.3 Å². The first-order valence-electron chi connectivity index (χ1n) is 3.10. The lowest BCUT2D eigenvalue weighted by Crippen LogP contribution is -1.89. The summed E-state index contributed by atoms with van der Waals surface area (Å²) in [5.74, 6) is -1.26. The lowest BCUT2D eigenvalue weighted by molar-refractivity contribution is 0.243. The van der Waals surface area contributed by atoms with E-state index < -0.39 is 13.9 Å². The van der Waals surface area contributed by atoms with E-state index in [1.54, 1.807) is 30.3 Å². The highest BCUT2D eigenvalue weighted by Gasteiger charge is 2.27. The maximum atomic E-state index is 10.4. The molecule has 0 bridgehead atoms. The van der Waals surface area contributed by atoms with Crippen LogP contribution in [0.25, 0.3) is 0 Å². The standard InChI is InChI=1S/C7H7O3P.H3N/c8-7(11(9)10)6-4-2-1-3-5-6;/h1-5,7-8H;1H3/p+2. The summed E-state index contributed by atoms with van der Waals surface area (Å²) in [5, 5.41) is 9.06. The Morgan fingerprint density at radius 3 is 2.25 bits per heavy atom. The molecule has 0 heterocycles. The second-order valence-corrected chi connectivity index (χ2v) is 3.18. The lowest BCUT2D eigenvalue weighted by atomic mass is 10.2. The van der Waals surface area contributed by atoms with Crippen molar-refractivity contribution in [2.24, 2.45) is 0 Å². The number of benzene rings is 1. The van der Waals surface area contributed by atoms with Crippen LogP contribution in [0.15, 0.2) is 30.3 Å². The van der Waals surface area contributed by atoms with Crippen molar-refractivity contribution >= 4 is 8.03 Å². The van der Waals surface area contributed by atoms with Crippen molar-refractivity contribution in [2.45, 2.75) is 5.85 Å². The minimum atomic E-state index is -2.53. The summed E-state index contributed by atoms with van der Waals surface area (Å²) >= 11 is 0. The highest BCUT2D eigenvalue weighted by Crippen LogP contribution is 2.34. The fraction of sp³-hybridized carbons (Fsp3) is 0.143. The second kappa shape index (κ2) is 4.95. The third kappa shape index (κ3) is 2.68. The Morgan fingerprint density at radius 2 is 1.83 bits per heavy atom. The van der Waals surface area contributed by atoms with Gasteiger partial charge in [0.05, 0.1) is 0 Å². The van der Waals surface area contributed by atoms with Crippen LogP contribution in [0.3, 0.4) is 0 Å². The van der Waals surface area contributed by atoms with Gasteiger partial charge in [0, 0.05) is 5.56 Å². The molecule has 0 saturated carbocycles. The van der Waals surface area contributed by atoms with Crippen LogP contribution in [0.2, 0.25) is 0 Å². The SMILES string of the molecule is N.O=[P+](O)C(O)c1ccccc1.[H+]. The van der Waals surface area contributed by atoms with Crippen molar-refractivity contribution in [3.8, 4) is 0 Å². The zero-order chi connectivity index (χ0) is 8.27. The van der Waals surface area contributed by atoms with E-state index in [4.69, 9.17) is 10.00 Å². The van der Waals surface area contributed by atoms with E-state index >= 15 is 0 Å². The Hall–Kier alpha value is -0.800. The quantitative estimate of drug-likeness (QED) is 0.617. The van der Waals surface area contributed by atoms with E-state index in [9.17, 15) is 4.57 Å². The molecule has 1 aromatic rings. The van der Waals surface area contributed by atoms with Crippen LogP contribution in [0.4, 0.5) is 0 Å². The molecule has 12 heavy (non-hydrogen) atoms. The molecule has 0 aliphatic heterocycles. The summed E-state index contributed by atoms with van der Waals surface area (Å²) in [4.78, 5) is 8.53. The molecule has 2 unspecified atom stereocenters. The minimum Gasteiger partial charge on any atom is -0.345 e. The van der Waals surface area contributed by atoms with E-state index in [0.29, 0.717) is 5.56 Å². The maximum absolute atomic E-state index is 10.4. The van der Waals surface area contributed by atoms with E-state index in [0.717, 1.165) is 0 Å². The second-order valence-electron chi connectivity index (χ2n) is 2.09. The van der Waals surface area contributed by atoms with Crippen LogP contribution in [0.1, 0.15) is 12.8 Å². The zero-order valence-electron chi connectivity index (χ0n) is 7.42. The monoisotopic (exact) mass is 189 g/mol. The first kappa shape index (κ1) is 11.2. The van der Waals surface area contributed by atoms with Gasteiger partial charge in [-0.05, 0) is 4.57 Å². The van der Waals surface area contributed by atoms with E-state index in [-0.39, 0.29) is 7.58 Å². The highest BCUT2D eigenvalue weighted by atomic mass is 31.1. The van der Waals surface area contributed by atoms with Crippen LogP contribution in [0, 0.1) is 0 Å². The molecule has 0 aliphatic carbocycles. The summed E-state index contributed by atoms with van der Waals surface area (Å²) in [6, 6.07) is 8.40. The summed E-state index contributed by atoms with van der Waals surface area (Å²) in [7, 11) is -2.53. The molecule has 0 spiro atoms. The smallest absolute Gasteiger partial charge is 0.345 e. The number of hydrogen-bond donors (Lipinski definition) is 3. The van der Waals surface area contributed by atoms with Gasteiger partial charge in [-0.3, -0.25) is 0 Å². The largest absolute Gasteiger partial charge is 1.00 e. The van der Waals surface area contributed by atoms with Crippen molar-refractivity contribution in [2.75, 3.05) is 0 Å². The summed E-state index contributed by atoms with van der Waals surface area (Å²) in [6.07, 6.45) is 0. The molecule has 0 aliphatic rings. The average Bonchev–Trinajstić information content (AvgIpc) is 2.05. The molecule has 0 aromatic heterocycles. The number of aliphatic hydroxyl groups excluding tert-OH is 1. The number of rotatable bonds is 2. The van der Waals surface area contributed by atoms with Crippen molar-refractivity contribution in [1.29, 1.82) is 0 Å². The van der Waals surface area contributed by atoms with Gasteiger partial charge in [-0.25, -0.2) is 0 Å². The maximum Gasteiger partial charge on any atom is 1.00 e.